The lowest BCUT2D eigenvalue weighted by Crippen LogP contribution is -2.54. The Morgan fingerprint density at radius 1 is 0.919 bits per heavy atom. The molecule has 7 rings (SSSR count). The number of barbiturate groups is 1. The number of carbonyl (C=O) groups excluding carboxylic acids is 3. The summed E-state index contributed by atoms with van der Waals surface area (Å²) in [6.07, 6.45) is 11.8. The molecule has 2 aromatic carbocycles. The Labute approximate surface area is 214 Å². The second kappa shape index (κ2) is 8.80. The van der Waals surface area contributed by atoms with Crippen molar-refractivity contribution in [2.45, 2.75) is 43.9 Å². The van der Waals surface area contributed by atoms with Crippen molar-refractivity contribution in [3.8, 4) is 0 Å². The van der Waals surface area contributed by atoms with Crippen molar-refractivity contribution in [3.63, 3.8) is 0 Å². The van der Waals surface area contributed by atoms with E-state index in [9.17, 15) is 24.5 Å². The highest BCUT2D eigenvalue weighted by Crippen LogP contribution is 2.60. The van der Waals surface area contributed by atoms with Gasteiger partial charge in [-0.1, -0.05) is 30.3 Å². The maximum atomic E-state index is 13.2. The molecule has 2 aromatic rings. The van der Waals surface area contributed by atoms with Crippen LogP contribution in [0.3, 0.4) is 0 Å². The number of nitrogens with one attached hydrogen (secondary N) is 1. The zero-order valence-corrected chi connectivity index (χ0v) is 20.3. The van der Waals surface area contributed by atoms with Crippen molar-refractivity contribution in [2.75, 3.05) is 4.90 Å². The molecule has 4 saturated carbocycles. The lowest BCUT2D eigenvalue weighted by Gasteiger charge is -2.57. The molecule has 5 fully saturated rings. The summed E-state index contributed by atoms with van der Waals surface area (Å²) in [4.78, 5) is 50.0. The normalized spacial score (nSPS) is 29.8. The molecular formula is C29H27N3O5. The van der Waals surface area contributed by atoms with E-state index < -0.39 is 22.8 Å². The third kappa shape index (κ3) is 4.06. The van der Waals surface area contributed by atoms with E-state index in [1.807, 2.05) is 12.1 Å². The molecule has 8 heteroatoms. The van der Waals surface area contributed by atoms with Crippen LogP contribution in [0.4, 0.5) is 16.2 Å². The molecule has 5 aliphatic rings. The van der Waals surface area contributed by atoms with Crippen molar-refractivity contribution in [1.29, 1.82) is 0 Å². The summed E-state index contributed by atoms with van der Waals surface area (Å²) in [5.74, 6) is 0.894. The fourth-order valence-corrected chi connectivity index (χ4v) is 7.38. The predicted octanol–water partition coefficient (Wildman–Crippen LogP) is 5.29. The van der Waals surface area contributed by atoms with E-state index in [1.165, 1.54) is 68.4 Å². The number of hydrogen-bond acceptors (Lipinski definition) is 5. The zero-order chi connectivity index (χ0) is 25.7. The van der Waals surface area contributed by atoms with Crippen LogP contribution in [0.5, 0.6) is 0 Å². The smallest absolute Gasteiger partial charge is 0.273 e. The number of nitro groups is 1. The number of allylic oxidation sites excluding steroid dienone is 2. The lowest BCUT2D eigenvalue weighted by molar-refractivity contribution is -0.385. The van der Waals surface area contributed by atoms with Gasteiger partial charge in [0.1, 0.15) is 5.57 Å². The van der Waals surface area contributed by atoms with Crippen LogP contribution in [-0.2, 0) is 15.0 Å². The Bertz CT molecular complexity index is 1340. The second-order valence-corrected chi connectivity index (χ2v) is 10.9. The van der Waals surface area contributed by atoms with E-state index in [0.29, 0.717) is 11.3 Å². The number of para-hydroxylation sites is 1. The number of rotatable bonds is 5. The molecule has 0 spiro atoms. The molecule has 1 saturated heterocycles. The fourth-order valence-electron chi connectivity index (χ4n) is 7.38. The minimum Gasteiger partial charge on any atom is -0.273 e. The summed E-state index contributed by atoms with van der Waals surface area (Å²) < 4.78 is 0. The van der Waals surface area contributed by atoms with Crippen molar-refractivity contribution in [2.24, 2.45) is 17.8 Å². The summed E-state index contributed by atoms with van der Waals surface area (Å²) in [5, 5.41) is 13.4. The van der Waals surface area contributed by atoms with Gasteiger partial charge < -0.3 is 0 Å². The molecule has 0 unspecified atom stereocenters. The van der Waals surface area contributed by atoms with Crippen LogP contribution in [0, 0.1) is 27.9 Å². The number of urea groups is 1. The minimum atomic E-state index is -0.802. The molecule has 37 heavy (non-hydrogen) atoms. The number of nitrogens with zero attached hydrogens (tertiary/aromatic N) is 2. The number of anilines is 1. The van der Waals surface area contributed by atoms with Gasteiger partial charge in [-0.25, -0.2) is 9.69 Å². The molecule has 188 valence electrons. The number of hydrogen-bond donors (Lipinski definition) is 1. The first kappa shape index (κ1) is 23.3. The van der Waals surface area contributed by atoms with Crippen molar-refractivity contribution in [1.82, 2.24) is 5.32 Å². The Balaban J connectivity index is 1.25. The number of carbonyl (C=O) groups is 3. The van der Waals surface area contributed by atoms with Gasteiger partial charge >= 0.3 is 6.03 Å². The van der Waals surface area contributed by atoms with E-state index in [2.05, 4.69) is 5.32 Å². The van der Waals surface area contributed by atoms with Gasteiger partial charge in [-0.2, -0.15) is 0 Å². The summed E-state index contributed by atoms with van der Waals surface area (Å²) >= 11 is 0. The van der Waals surface area contributed by atoms with Crippen molar-refractivity contribution in [3.05, 3.63) is 87.5 Å². The molecule has 0 atom stereocenters. The molecule has 4 amide bonds. The van der Waals surface area contributed by atoms with Crippen molar-refractivity contribution >= 4 is 35.3 Å². The topological polar surface area (TPSA) is 110 Å². The van der Waals surface area contributed by atoms with Gasteiger partial charge in [-0.15, -0.1) is 0 Å². The summed E-state index contributed by atoms with van der Waals surface area (Å²) in [5.41, 5.74) is 1.90. The van der Waals surface area contributed by atoms with Gasteiger partial charge in [0.15, 0.2) is 0 Å². The third-order valence-electron chi connectivity index (χ3n) is 8.55. The van der Waals surface area contributed by atoms with Crippen LogP contribution in [0.2, 0.25) is 0 Å². The largest absolute Gasteiger partial charge is 0.335 e. The van der Waals surface area contributed by atoms with Crippen LogP contribution in [0.25, 0.3) is 6.08 Å². The Hall–Kier alpha value is -4.07. The molecular weight excluding hydrogens is 470 g/mol. The van der Waals surface area contributed by atoms with Gasteiger partial charge in [0.25, 0.3) is 17.5 Å². The SMILES string of the molecule is O=C1NC(=O)N(c2ccc(C34CC5CC(CC(C5)C3)C4)cc2)C(=O)/C1=C/C=C/c1ccccc1[N+](=O)[O-]. The fraction of sp³-hybridized carbons (Fsp3) is 0.345. The van der Waals surface area contributed by atoms with Crippen LogP contribution in [0.15, 0.2) is 66.3 Å². The van der Waals surface area contributed by atoms with Crippen molar-refractivity contribution < 1.29 is 19.3 Å². The Morgan fingerprint density at radius 3 is 2.16 bits per heavy atom. The van der Waals surface area contributed by atoms with Crippen LogP contribution in [-0.4, -0.2) is 22.8 Å². The first-order valence-electron chi connectivity index (χ1n) is 12.7. The van der Waals surface area contributed by atoms with Gasteiger partial charge in [0, 0.05) is 6.07 Å². The highest BCUT2D eigenvalue weighted by atomic mass is 16.6. The number of benzene rings is 2. The zero-order valence-electron chi connectivity index (χ0n) is 20.3. The summed E-state index contributed by atoms with van der Waals surface area (Å²) in [7, 11) is 0. The summed E-state index contributed by atoms with van der Waals surface area (Å²) in [6, 6.07) is 13.0. The molecule has 1 aliphatic heterocycles. The highest BCUT2D eigenvalue weighted by Gasteiger charge is 2.51. The number of imide groups is 2. The molecule has 8 nitrogen and oxygen atoms in total. The number of nitro benzene ring substituents is 1. The van der Waals surface area contributed by atoms with E-state index in [4.69, 9.17) is 0 Å². The first-order chi connectivity index (χ1) is 17.8. The predicted molar refractivity (Wildman–Crippen MR) is 138 cm³/mol. The second-order valence-electron chi connectivity index (χ2n) is 10.9. The average molecular weight is 498 g/mol. The average Bonchev–Trinajstić information content (AvgIpc) is 2.85. The van der Waals surface area contributed by atoms with Gasteiger partial charge in [0.05, 0.1) is 16.2 Å². The molecule has 1 N–H and O–H groups in total. The molecule has 4 aliphatic carbocycles. The van der Waals surface area contributed by atoms with Gasteiger partial charge in [0.2, 0.25) is 0 Å². The minimum absolute atomic E-state index is 0.0903. The quantitative estimate of drug-likeness (QED) is 0.261. The molecule has 0 aromatic heterocycles. The maximum absolute atomic E-state index is 13.2. The molecule has 4 bridgehead atoms. The maximum Gasteiger partial charge on any atom is 0.335 e. The van der Waals surface area contributed by atoms with Crippen LogP contribution < -0.4 is 10.2 Å². The molecule has 1 heterocycles. The number of amides is 4. The monoisotopic (exact) mass is 497 g/mol. The standard InChI is InChI=1S/C29H27N3O5/c33-26-24(6-3-5-21-4-1-2-7-25(21)32(36)37)27(34)31(28(35)30-26)23-10-8-22(9-11-23)29-15-18-12-19(16-29)14-20(13-18)17-29/h1-11,18-20H,12-17H2,(H,30,33,35)/b5-3+,24-6+. The Morgan fingerprint density at radius 2 is 1.54 bits per heavy atom. The van der Waals surface area contributed by atoms with Gasteiger partial charge in [-0.3, -0.25) is 25.0 Å². The van der Waals surface area contributed by atoms with E-state index in [0.717, 1.165) is 22.7 Å². The van der Waals surface area contributed by atoms with Crippen LogP contribution >= 0.6 is 0 Å². The van der Waals surface area contributed by atoms with E-state index in [-0.39, 0.29) is 16.7 Å². The lowest BCUT2D eigenvalue weighted by atomic mass is 9.48. The highest BCUT2D eigenvalue weighted by molar-refractivity contribution is 6.37. The van der Waals surface area contributed by atoms with E-state index >= 15 is 0 Å². The molecule has 0 radical (unpaired) electrons. The third-order valence-corrected chi connectivity index (χ3v) is 8.55. The van der Waals surface area contributed by atoms with Crippen LogP contribution in [0.1, 0.15) is 49.7 Å². The summed E-state index contributed by atoms with van der Waals surface area (Å²) in [6.45, 7) is 0. The Kier molecular flexibility index (Phi) is 5.55. The first-order valence-corrected chi connectivity index (χ1v) is 12.7. The van der Waals surface area contributed by atoms with E-state index in [1.54, 1.807) is 30.3 Å². The van der Waals surface area contributed by atoms with Gasteiger partial charge in [-0.05, 0) is 97.6 Å².